The van der Waals surface area contributed by atoms with Crippen LogP contribution in [0.5, 0.6) is 0 Å². The molecule has 0 aromatic rings. The van der Waals surface area contributed by atoms with Crippen molar-refractivity contribution in [1.82, 2.24) is 0 Å². The van der Waals surface area contributed by atoms with Crippen molar-refractivity contribution in [3.8, 4) is 0 Å². The van der Waals surface area contributed by atoms with Gasteiger partial charge in [-0.05, 0) is 25.8 Å². The smallest absolute Gasteiger partial charge is 0.0446 e. The summed E-state index contributed by atoms with van der Waals surface area (Å²) in [6.07, 6.45) is 7.48. The molecule has 1 aliphatic carbocycles. The highest BCUT2D eigenvalue weighted by Gasteiger charge is 2.18. The molecule has 2 atom stereocenters. The Morgan fingerprint density at radius 3 is 2.73 bits per heavy atom. The summed E-state index contributed by atoms with van der Waals surface area (Å²) in [4.78, 5) is 0. The monoisotopic (exact) mass is 215 g/mol. The van der Waals surface area contributed by atoms with Crippen LogP contribution in [-0.4, -0.2) is 10.4 Å². The standard InChI is InChI=1S/C9H14BrN/c1-7(11)8-3-5-9(2,10)6-4-8/h3-5,7H,6,11H2,1-2H3. The van der Waals surface area contributed by atoms with Crippen LogP contribution >= 0.6 is 15.9 Å². The van der Waals surface area contributed by atoms with Crippen LogP contribution in [-0.2, 0) is 0 Å². The fourth-order valence-electron chi connectivity index (χ4n) is 1.06. The quantitative estimate of drug-likeness (QED) is 0.669. The third kappa shape index (κ3) is 2.46. The van der Waals surface area contributed by atoms with E-state index < -0.39 is 0 Å². The molecule has 1 aliphatic rings. The zero-order valence-corrected chi connectivity index (χ0v) is 8.56. The van der Waals surface area contributed by atoms with Crippen LogP contribution in [0.2, 0.25) is 0 Å². The molecule has 1 rings (SSSR count). The van der Waals surface area contributed by atoms with Gasteiger partial charge in [0.2, 0.25) is 0 Å². The molecule has 0 aromatic carbocycles. The van der Waals surface area contributed by atoms with Crippen molar-refractivity contribution in [1.29, 1.82) is 0 Å². The van der Waals surface area contributed by atoms with E-state index in [2.05, 4.69) is 41.1 Å². The molecule has 0 saturated carbocycles. The van der Waals surface area contributed by atoms with Crippen LogP contribution in [0.1, 0.15) is 20.3 Å². The summed E-state index contributed by atoms with van der Waals surface area (Å²) in [5.74, 6) is 0. The van der Waals surface area contributed by atoms with Crippen molar-refractivity contribution in [3.63, 3.8) is 0 Å². The second-order valence-electron chi connectivity index (χ2n) is 3.31. The fourth-order valence-corrected chi connectivity index (χ4v) is 1.36. The van der Waals surface area contributed by atoms with E-state index in [-0.39, 0.29) is 10.4 Å². The molecule has 0 heterocycles. The molecule has 2 unspecified atom stereocenters. The second kappa shape index (κ2) is 3.11. The highest BCUT2D eigenvalue weighted by atomic mass is 79.9. The lowest BCUT2D eigenvalue weighted by atomic mass is 9.95. The van der Waals surface area contributed by atoms with Gasteiger partial charge in [-0.3, -0.25) is 0 Å². The zero-order chi connectivity index (χ0) is 8.48. The number of rotatable bonds is 1. The minimum Gasteiger partial charge on any atom is -0.324 e. The average molecular weight is 216 g/mol. The third-order valence-corrected chi connectivity index (χ3v) is 2.47. The van der Waals surface area contributed by atoms with E-state index in [4.69, 9.17) is 5.73 Å². The van der Waals surface area contributed by atoms with Crippen molar-refractivity contribution in [3.05, 3.63) is 23.8 Å². The average Bonchev–Trinajstić information content (AvgIpc) is 1.86. The van der Waals surface area contributed by atoms with Gasteiger partial charge in [0, 0.05) is 10.4 Å². The number of halogens is 1. The molecule has 0 fully saturated rings. The van der Waals surface area contributed by atoms with Gasteiger partial charge < -0.3 is 5.73 Å². The molecule has 2 heteroatoms. The van der Waals surface area contributed by atoms with Crippen LogP contribution < -0.4 is 5.73 Å². The zero-order valence-electron chi connectivity index (χ0n) is 6.97. The van der Waals surface area contributed by atoms with Crippen LogP contribution in [0.25, 0.3) is 0 Å². The Bertz CT molecular complexity index is 202. The van der Waals surface area contributed by atoms with Gasteiger partial charge in [-0.2, -0.15) is 0 Å². The maximum Gasteiger partial charge on any atom is 0.0446 e. The molecule has 0 aliphatic heterocycles. The van der Waals surface area contributed by atoms with Crippen LogP contribution in [0.3, 0.4) is 0 Å². The van der Waals surface area contributed by atoms with Crippen molar-refractivity contribution in [2.75, 3.05) is 0 Å². The molecule has 0 saturated heterocycles. The van der Waals surface area contributed by atoms with E-state index in [0.717, 1.165) is 6.42 Å². The molecule has 1 nitrogen and oxygen atoms in total. The van der Waals surface area contributed by atoms with Crippen molar-refractivity contribution in [2.24, 2.45) is 5.73 Å². The fraction of sp³-hybridized carbons (Fsp3) is 0.556. The number of alkyl halides is 1. The Labute approximate surface area is 76.5 Å². The number of hydrogen-bond acceptors (Lipinski definition) is 1. The van der Waals surface area contributed by atoms with E-state index in [9.17, 15) is 0 Å². The Kier molecular flexibility index (Phi) is 2.55. The Balaban J connectivity index is 2.68. The number of nitrogens with two attached hydrogens (primary N) is 1. The van der Waals surface area contributed by atoms with Gasteiger partial charge in [0.25, 0.3) is 0 Å². The van der Waals surface area contributed by atoms with Gasteiger partial charge in [-0.1, -0.05) is 34.2 Å². The lowest BCUT2D eigenvalue weighted by Gasteiger charge is -2.21. The molecule has 0 aromatic heterocycles. The molecule has 0 radical (unpaired) electrons. The summed E-state index contributed by atoms with van der Waals surface area (Å²) in [6.45, 7) is 4.16. The normalized spacial score (nSPS) is 33.3. The predicted molar refractivity (Wildman–Crippen MR) is 52.8 cm³/mol. The third-order valence-electron chi connectivity index (χ3n) is 1.89. The highest BCUT2D eigenvalue weighted by molar-refractivity contribution is 9.10. The van der Waals surface area contributed by atoms with Gasteiger partial charge in [0.05, 0.1) is 0 Å². The first-order chi connectivity index (χ1) is 5.01. The Hall–Kier alpha value is -0.0800. The Morgan fingerprint density at radius 2 is 2.36 bits per heavy atom. The topological polar surface area (TPSA) is 26.0 Å². The van der Waals surface area contributed by atoms with Gasteiger partial charge in [-0.15, -0.1) is 0 Å². The van der Waals surface area contributed by atoms with Gasteiger partial charge in [-0.25, -0.2) is 0 Å². The SMILES string of the molecule is CC(N)C1=CCC(C)(Br)C=C1. The Morgan fingerprint density at radius 1 is 1.73 bits per heavy atom. The molecule has 62 valence electrons. The minimum atomic E-state index is 0.144. The summed E-state index contributed by atoms with van der Waals surface area (Å²) < 4.78 is 0.144. The lowest BCUT2D eigenvalue weighted by molar-refractivity contribution is 0.779. The van der Waals surface area contributed by atoms with E-state index in [1.165, 1.54) is 5.57 Å². The van der Waals surface area contributed by atoms with Crippen molar-refractivity contribution >= 4 is 15.9 Å². The summed E-state index contributed by atoms with van der Waals surface area (Å²) in [5, 5.41) is 0. The molecule has 0 amide bonds. The summed E-state index contributed by atoms with van der Waals surface area (Å²) in [6, 6.07) is 0.162. The maximum absolute atomic E-state index is 5.72. The number of hydrogen-bond donors (Lipinski definition) is 1. The maximum atomic E-state index is 5.72. The van der Waals surface area contributed by atoms with Gasteiger partial charge >= 0.3 is 0 Å². The molecule has 11 heavy (non-hydrogen) atoms. The van der Waals surface area contributed by atoms with Crippen LogP contribution in [0, 0.1) is 0 Å². The molecule has 2 N–H and O–H groups in total. The lowest BCUT2D eigenvalue weighted by Crippen LogP contribution is -2.21. The van der Waals surface area contributed by atoms with E-state index in [0.29, 0.717) is 0 Å². The van der Waals surface area contributed by atoms with Crippen molar-refractivity contribution in [2.45, 2.75) is 30.6 Å². The van der Waals surface area contributed by atoms with Crippen molar-refractivity contribution < 1.29 is 0 Å². The van der Waals surface area contributed by atoms with E-state index in [1.807, 2.05) is 6.92 Å². The summed E-state index contributed by atoms with van der Waals surface area (Å²) in [7, 11) is 0. The molecular formula is C9H14BrN. The predicted octanol–water partition coefficient (Wildman–Crippen LogP) is 2.37. The minimum absolute atomic E-state index is 0.144. The molecule has 0 bridgehead atoms. The first-order valence-electron chi connectivity index (χ1n) is 3.85. The largest absolute Gasteiger partial charge is 0.324 e. The number of allylic oxidation sites excluding steroid dienone is 2. The summed E-state index contributed by atoms with van der Waals surface area (Å²) >= 11 is 3.60. The first kappa shape index (κ1) is 9.01. The van der Waals surface area contributed by atoms with Crippen LogP contribution in [0.15, 0.2) is 23.8 Å². The summed E-state index contributed by atoms with van der Waals surface area (Å²) in [5.41, 5.74) is 6.96. The van der Waals surface area contributed by atoms with Gasteiger partial charge in [0.1, 0.15) is 0 Å². The van der Waals surface area contributed by atoms with E-state index in [1.54, 1.807) is 0 Å². The van der Waals surface area contributed by atoms with Gasteiger partial charge in [0.15, 0.2) is 0 Å². The van der Waals surface area contributed by atoms with E-state index >= 15 is 0 Å². The molecule has 0 spiro atoms. The highest BCUT2D eigenvalue weighted by Crippen LogP contribution is 2.29. The first-order valence-corrected chi connectivity index (χ1v) is 4.64. The molecular weight excluding hydrogens is 202 g/mol. The van der Waals surface area contributed by atoms with Crippen LogP contribution in [0.4, 0.5) is 0 Å². The second-order valence-corrected chi connectivity index (χ2v) is 5.12.